The lowest BCUT2D eigenvalue weighted by molar-refractivity contribution is 0.132. The number of aromatic nitrogens is 2. The maximum atomic E-state index is 9.79. The lowest BCUT2D eigenvalue weighted by Crippen LogP contribution is -2.28. The summed E-state index contributed by atoms with van der Waals surface area (Å²) in [5.41, 5.74) is 6.57. The van der Waals surface area contributed by atoms with E-state index in [0.717, 1.165) is 5.56 Å². The van der Waals surface area contributed by atoms with Crippen LogP contribution in [0, 0.1) is 0 Å². The molecule has 0 amide bonds. The van der Waals surface area contributed by atoms with E-state index in [0.29, 0.717) is 12.3 Å². The highest BCUT2D eigenvalue weighted by atomic mass is 32.1. The number of nitrogens with two attached hydrogens (primary N) is 1. The van der Waals surface area contributed by atoms with E-state index >= 15 is 0 Å². The van der Waals surface area contributed by atoms with Crippen molar-refractivity contribution in [3.8, 4) is 11.5 Å². The van der Waals surface area contributed by atoms with E-state index in [1.165, 1.54) is 0 Å². The number of aliphatic hydroxyl groups excluding tert-OH is 1. The molecule has 0 saturated heterocycles. The van der Waals surface area contributed by atoms with Gasteiger partial charge in [-0.3, -0.25) is 0 Å². The summed E-state index contributed by atoms with van der Waals surface area (Å²) in [6.07, 6.45) is -0.218. The van der Waals surface area contributed by atoms with Gasteiger partial charge >= 0.3 is 0 Å². The highest BCUT2D eigenvalue weighted by molar-refractivity contribution is 7.08. The van der Waals surface area contributed by atoms with Gasteiger partial charge in [0.25, 0.3) is 5.89 Å². The predicted molar refractivity (Wildman–Crippen MR) is 60.8 cm³/mol. The van der Waals surface area contributed by atoms with Gasteiger partial charge in [-0.2, -0.15) is 16.3 Å². The maximum absolute atomic E-state index is 9.79. The zero-order valence-electron chi connectivity index (χ0n) is 8.83. The molecule has 0 spiro atoms. The Morgan fingerprint density at radius 3 is 3.06 bits per heavy atom. The summed E-state index contributed by atoms with van der Waals surface area (Å²) in [6.45, 7) is 1.90. The molecule has 0 aliphatic carbocycles. The largest absolute Gasteiger partial charge is 0.383 e. The standard InChI is InChI=1S/C10H13N3O2S/c1-2-7(11)8(14)9-12-10(15-13-9)6-3-4-16-5-6/h3-5,7-8,14H,2,11H2,1H3. The third kappa shape index (κ3) is 2.13. The van der Waals surface area contributed by atoms with Crippen molar-refractivity contribution in [2.24, 2.45) is 5.73 Å². The van der Waals surface area contributed by atoms with Crippen molar-refractivity contribution in [1.82, 2.24) is 10.1 Å². The van der Waals surface area contributed by atoms with Gasteiger partial charge in [-0.25, -0.2) is 0 Å². The van der Waals surface area contributed by atoms with Crippen molar-refractivity contribution in [2.45, 2.75) is 25.5 Å². The first-order chi connectivity index (χ1) is 7.72. The molecule has 0 fully saturated rings. The first-order valence-electron chi connectivity index (χ1n) is 5.02. The summed E-state index contributed by atoms with van der Waals surface area (Å²) in [6, 6.07) is 1.52. The third-order valence-electron chi connectivity index (χ3n) is 2.35. The summed E-state index contributed by atoms with van der Waals surface area (Å²) in [7, 11) is 0. The number of hydrogen-bond donors (Lipinski definition) is 2. The monoisotopic (exact) mass is 239 g/mol. The molecule has 2 heterocycles. The molecule has 2 rings (SSSR count). The molecule has 16 heavy (non-hydrogen) atoms. The van der Waals surface area contributed by atoms with Crippen LogP contribution in [0.2, 0.25) is 0 Å². The first kappa shape index (κ1) is 11.3. The van der Waals surface area contributed by atoms with Crippen LogP contribution in [0.25, 0.3) is 11.5 Å². The van der Waals surface area contributed by atoms with Gasteiger partial charge in [0.2, 0.25) is 5.82 Å². The molecule has 2 aromatic rings. The van der Waals surface area contributed by atoms with Crippen molar-refractivity contribution >= 4 is 11.3 Å². The van der Waals surface area contributed by atoms with Crippen LogP contribution in [0.1, 0.15) is 25.3 Å². The van der Waals surface area contributed by atoms with Gasteiger partial charge < -0.3 is 15.4 Å². The van der Waals surface area contributed by atoms with E-state index in [4.69, 9.17) is 10.3 Å². The molecule has 0 saturated carbocycles. The molecule has 0 bridgehead atoms. The van der Waals surface area contributed by atoms with Crippen molar-refractivity contribution in [1.29, 1.82) is 0 Å². The molecule has 0 aliphatic rings. The second kappa shape index (κ2) is 4.73. The molecule has 2 unspecified atom stereocenters. The second-order valence-electron chi connectivity index (χ2n) is 3.49. The van der Waals surface area contributed by atoms with Crippen molar-refractivity contribution in [2.75, 3.05) is 0 Å². The lowest BCUT2D eigenvalue weighted by Gasteiger charge is -2.12. The minimum Gasteiger partial charge on any atom is -0.383 e. The molecule has 0 aromatic carbocycles. The average Bonchev–Trinajstić information content (AvgIpc) is 2.96. The molecule has 86 valence electrons. The maximum Gasteiger partial charge on any atom is 0.258 e. The summed E-state index contributed by atoms with van der Waals surface area (Å²) in [5.74, 6) is 0.661. The van der Waals surface area contributed by atoms with Gasteiger partial charge in [0.1, 0.15) is 6.10 Å². The average molecular weight is 239 g/mol. The van der Waals surface area contributed by atoms with E-state index in [1.807, 2.05) is 23.8 Å². The Bertz CT molecular complexity index is 441. The zero-order chi connectivity index (χ0) is 11.5. The van der Waals surface area contributed by atoms with Crippen LogP contribution in [-0.2, 0) is 0 Å². The SMILES string of the molecule is CCC(N)C(O)c1noc(-c2ccsc2)n1. The minimum atomic E-state index is -0.874. The smallest absolute Gasteiger partial charge is 0.258 e. The number of nitrogens with zero attached hydrogens (tertiary/aromatic N) is 2. The molecule has 6 heteroatoms. The van der Waals surface area contributed by atoms with E-state index in [9.17, 15) is 5.11 Å². The van der Waals surface area contributed by atoms with E-state index in [1.54, 1.807) is 11.3 Å². The summed E-state index contributed by atoms with van der Waals surface area (Å²) in [4.78, 5) is 4.12. The van der Waals surface area contributed by atoms with Gasteiger partial charge in [-0.05, 0) is 17.9 Å². The van der Waals surface area contributed by atoms with Crippen LogP contribution in [0.5, 0.6) is 0 Å². The normalized spacial score (nSPS) is 14.9. The number of aliphatic hydroxyl groups is 1. The van der Waals surface area contributed by atoms with Crippen molar-refractivity contribution in [3.05, 3.63) is 22.7 Å². The van der Waals surface area contributed by atoms with Crippen molar-refractivity contribution in [3.63, 3.8) is 0 Å². The van der Waals surface area contributed by atoms with Crippen LogP contribution in [0.3, 0.4) is 0 Å². The third-order valence-corrected chi connectivity index (χ3v) is 3.03. The number of hydrogen-bond acceptors (Lipinski definition) is 6. The number of thiophene rings is 1. The molecule has 0 aliphatic heterocycles. The fourth-order valence-corrected chi connectivity index (χ4v) is 1.90. The summed E-state index contributed by atoms with van der Waals surface area (Å²) >= 11 is 1.55. The Kier molecular flexibility index (Phi) is 3.33. The molecular formula is C10H13N3O2S. The zero-order valence-corrected chi connectivity index (χ0v) is 9.65. The molecule has 3 N–H and O–H groups in total. The minimum absolute atomic E-state index is 0.246. The molecule has 2 aromatic heterocycles. The topological polar surface area (TPSA) is 85.2 Å². The van der Waals surface area contributed by atoms with Gasteiger partial charge in [0, 0.05) is 11.4 Å². The first-order valence-corrected chi connectivity index (χ1v) is 5.96. The van der Waals surface area contributed by atoms with E-state index < -0.39 is 6.10 Å². The summed E-state index contributed by atoms with van der Waals surface area (Å²) < 4.78 is 5.05. The molecular weight excluding hydrogens is 226 g/mol. The molecule has 0 radical (unpaired) electrons. The molecule has 5 nitrogen and oxygen atoms in total. The Morgan fingerprint density at radius 1 is 1.62 bits per heavy atom. The van der Waals surface area contributed by atoms with E-state index in [-0.39, 0.29) is 11.9 Å². The quantitative estimate of drug-likeness (QED) is 0.845. The Hall–Kier alpha value is -1.24. The predicted octanol–water partition coefficient (Wildman–Crippen LogP) is 1.57. The van der Waals surface area contributed by atoms with Crippen molar-refractivity contribution < 1.29 is 9.63 Å². The van der Waals surface area contributed by atoms with Crippen LogP contribution >= 0.6 is 11.3 Å². The van der Waals surface area contributed by atoms with Crippen LogP contribution < -0.4 is 5.73 Å². The fourth-order valence-electron chi connectivity index (χ4n) is 1.27. The van der Waals surface area contributed by atoms with Crippen LogP contribution in [-0.4, -0.2) is 21.3 Å². The Balaban J connectivity index is 2.20. The lowest BCUT2D eigenvalue weighted by atomic mass is 10.1. The highest BCUT2D eigenvalue weighted by Crippen LogP contribution is 2.22. The van der Waals surface area contributed by atoms with Gasteiger partial charge in [-0.15, -0.1) is 0 Å². The van der Waals surface area contributed by atoms with Crippen LogP contribution in [0.4, 0.5) is 0 Å². The summed E-state index contributed by atoms with van der Waals surface area (Å²) in [5, 5.41) is 17.4. The van der Waals surface area contributed by atoms with Gasteiger partial charge in [0.15, 0.2) is 0 Å². The van der Waals surface area contributed by atoms with E-state index in [2.05, 4.69) is 10.1 Å². The second-order valence-corrected chi connectivity index (χ2v) is 4.27. The number of rotatable bonds is 4. The highest BCUT2D eigenvalue weighted by Gasteiger charge is 2.21. The fraction of sp³-hybridized carbons (Fsp3) is 0.400. The van der Waals surface area contributed by atoms with Gasteiger partial charge in [0.05, 0.1) is 5.56 Å². The Labute approximate surface area is 96.9 Å². The van der Waals surface area contributed by atoms with Gasteiger partial charge in [-0.1, -0.05) is 12.1 Å². The van der Waals surface area contributed by atoms with Crippen LogP contribution in [0.15, 0.2) is 21.3 Å². The molecule has 2 atom stereocenters. The Morgan fingerprint density at radius 2 is 2.44 bits per heavy atom.